The molecule has 0 aromatic carbocycles. The summed E-state index contributed by atoms with van der Waals surface area (Å²) < 4.78 is 117. The van der Waals surface area contributed by atoms with E-state index in [1.54, 1.807) is 6.21 Å². The molecule has 0 spiro atoms. The van der Waals surface area contributed by atoms with Crippen LogP contribution in [0.4, 0.5) is 30.7 Å². The standard InChI is InChI=1S/C33H42F7NO3/c1-2-3-4-5-19-17-42-32(43-18-19)21-8-6-20(7-9-21)22-10-11-29(41-16-22)23-12-25(34)30(26(35)13-23)33(39,40)44-24-14-27(36)31(38)28(37)15-24/h10,12-14,16,19-21,24-25,28-32H,2-9,11,15,17-18H2,1H3/t19?,20?,21?,24-,25?,28-,29+,30-,31?,32?/m0/s1. The number of dihydropyridines is 1. The van der Waals surface area contributed by atoms with E-state index in [1.165, 1.54) is 19.3 Å². The Kier molecular flexibility index (Phi) is 11.1. The summed E-state index contributed by atoms with van der Waals surface area (Å²) in [6.45, 7) is 3.70. The fraction of sp³-hybridized carbons (Fsp3) is 0.727. The maximum absolute atomic E-state index is 15.0. The number of hydrogen-bond donors (Lipinski definition) is 0. The van der Waals surface area contributed by atoms with Crippen LogP contribution in [0, 0.1) is 23.7 Å². The zero-order valence-corrected chi connectivity index (χ0v) is 25.0. The lowest BCUT2D eigenvalue weighted by Crippen LogP contribution is -2.43. The molecule has 246 valence electrons. The van der Waals surface area contributed by atoms with Crippen LogP contribution in [0.25, 0.3) is 0 Å². The largest absolute Gasteiger partial charge is 0.368 e. The summed E-state index contributed by atoms with van der Waals surface area (Å²) >= 11 is 0. The first-order valence-electron chi connectivity index (χ1n) is 16.0. The van der Waals surface area contributed by atoms with Gasteiger partial charge in [-0.1, -0.05) is 32.3 Å². The van der Waals surface area contributed by atoms with Gasteiger partial charge >= 0.3 is 6.11 Å². The van der Waals surface area contributed by atoms with Crippen molar-refractivity contribution in [3.05, 3.63) is 47.1 Å². The Morgan fingerprint density at radius 1 is 0.955 bits per heavy atom. The smallest absolute Gasteiger partial charge is 0.352 e. The second kappa shape index (κ2) is 14.6. The molecule has 1 saturated heterocycles. The zero-order chi connectivity index (χ0) is 31.4. The predicted molar refractivity (Wildman–Crippen MR) is 153 cm³/mol. The lowest BCUT2D eigenvalue weighted by Gasteiger charge is -2.38. The van der Waals surface area contributed by atoms with Crippen LogP contribution < -0.4 is 0 Å². The number of aliphatic imine (C=N–C) groups is 1. The quantitative estimate of drug-likeness (QED) is 0.178. The molecule has 2 aliphatic heterocycles. The van der Waals surface area contributed by atoms with Gasteiger partial charge in [-0.25, -0.2) is 22.0 Å². The Morgan fingerprint density at radius 3 is 2.30 bits per heavy atom. The van der Waals surface area contributed by atoms with Gasteiger partial charge in [0.15, 0.2) is 12.5 Å². The van der Waals surface area contributed by atoms with Gasteiger partial charge in [-0.2, -0.15) is 8.78 Å². The number of allylic oxidation sites excluding steroid dienone is 3. The summed E-state index contributed by atoms with van der Waals surface area (Å²) in [6, 6.07) is -0.631. The SMILES string of the molecule is CCCCCC1COC(C2CCC(C3=CC[C@H](C4=CC(F)[C@H](C(F)(F)O[C@H]5C=C(F)C(F)[C@@H](F)C5)C(F)=C4)N=C3)CC2)OC1. The molecule has 2 fully saturated rings. The average Bonchev–Trinajstić information content (AvgIpc) is 3.00. The van der Waals surface area contributed by atoms with E-state index in [-0.39, 0.29) is 11.9 Å². The van der Waals surface area contributed by atoms with Gasteiger partial charge in [0.05, 0.1) is 25.4 Å². The number of ether oxygens (including phenoxy) is 3. The van der Waals surface area contributed by atoms with E-state index in [0.717, 1.165) is 63.0 Å². The zero-order valence-electron chi connectivity index (χ0n) is 25.0. The van der Waals surface area contributed by atoms with Gasteiger partial charge in [-0.05, 0) is 73.8 Å². The van der Waals surface area contributed by atoms with E-state index in [4.69, 9.17) is 9.47 Å². The van der Waals surface area contributed by atoms with Gasteiger partial charge in [0, 0.05) is 24.5 Å². The lowest BCUT2D eigenvalue weighted by molar-refractivity contribution is -0.290. The summed E-state index contributed by atoms with van der Waals surface area (Å²) in [4.78, 5) is 4.50. The van der Waals surface area contributed by atoms with Crippen molar-refractivity contribution in [3.8, 4) is 0 Å². The van der Waals surface area contributed by atoms with Crippen LogP contribution in [0.1, 0.15) is 71.1 Å². The monoisotopic (exact) mass is 633 g/mol. The predicted octanol–water partition coefficient (Wildman–Crippen LogP) is 8.79. The molecule has 0 N–H and O–H groups in total. The molecule has 0 amide bonds. The molecule has 6 atom stereocenters. The van der Waals surface area contributed by atoms with Crippen molar-refractivity contribution in [2.75, 3.05) is 13.2 Å². The highest BCUT2D eigenvalue weighted by molar-refractivity contribution is 5.80. The topological polar surface area (TPSA) is 40.0 Å². The Balaban J connectivity index is 1.10. The van der Waals surface area contributed by atoms with Crippen molar-refractivity contribution < 1.29 is 44.9 Å². The normalized spacial score (nSPS) is 38.5. The molecular weight excluding hydrogens is 591 g/mol. The summed E-state index contributed by atoms with van der Waals surface area (Å²) in [6.07, 6.45) is -0.000488. The summed E-state index contributed by atoms with van der Waals surface area (Å²) in [5.41, 5.74) is 1.19. The van der Waals surface area contributed by atoms with E-state index >= 15 is 0 Å². The van der Waals surface area contributed by atoms with Crippen LogP contribution in [-0.2, 0) is 14.2 Å². The lowest BCUT2D eigenvalue weighted by atomic mass is 9.77. The maximum atomic E-state index is 15.0. The third-order valence-corrected chi connectivity index (χ3v) is 9.53. The van der Waals surface area contributed by atoms with E-state index < -0.39 is 60.8 Å². The molecule has 44 heavy (non-hydrogen) atoms. The van der Waals surface area contributed by atoms with Crippen molar-refractivity contribution in [1.29, 1.82) is 0 Å². The fourth-order valence-corrected chi connectivity index (χ4v) is 6.93. The second-order valence-corrected chi connectivity index (χ2v) is 12.8. The minimum absolute atomic E-state index is 0.129. The van der Waals surface area contributed by atoms with Crippen LogP contribution in [0.5, 0.6) is 0 Å². The van der Waals surface area contributed by atoms with E-state index in [2.05, 4.69) is 16.7 Å². The minimum atomic E-state index is -4.43. The molecule has 0 bridgehead atoms. The van der Waals surface area contributed by atoms with Gasteiger partial charge < -0.3 is 14.2 Å². The van der Waals surface area contributed by atoms with Gasteiger partial charge in [0.25, 0.3) is 0 Å². The van der Waals surface area contributed by atoms with Gasteiger partial charge in [0.2, 0.25) is 0 Å². The van der Waals surface area contributed by atoms with Crippen LogP contribution in [-0.4, -0.2) is 62.5 Å². The highest BCUT2D eigenvalue weighted by Gasteiger charge is 2.52. The van der Waals surface area contributed by atoms with E-state index in [1.807, 2.05) is 6.08 Å². The minimum Gasteiger partial charge on any atom is -0.352 e. The molecule has 11 heteroatoms. The van der Waals surface area contributed by atoms with Crippen molar-refractivity contribution in [1.82, 2.24) is 0 Å². The van der Waals surface area contributed by atoms with Gasteiger partial charge in [-0.15, -0.1) is 0 Å². The number of alkyl halides is 5. The van der Waals surface area contributed by atoms with Crippen LogP contribution in [0.15, 0.2) is 52.1 Å². The van der Waals surface area contributed by atoms with Crippen LogP contribution in [0.3, 0.4) is 0 Å². The third kappa shape index (κ3) is 7.86. The molecule has 4 nitrogen and oxygen atoms in total. The number of rotatable bonds is 10. The number of halogens is 7. The third-order valence-electron chi connectivity index (χ3n) is 9.53. The van der Waals surface area contributed by atoms with Crippen LogP contribution in [0.2, 0.25) is 0 Å². The van der Waals surface area contributed by atoms with Crippen molar-refractivity contribution in [2.24, 2.45) is 28.7 Å². The summed E-state index contributed by atoms with van der Waals surface area (Å²) in [5.74, 6) is -4.56. The first-order valence-corrected chi connectivity index (χ1v) is 16.0. The Labute approximate surface area is 254 Å². The summed E-state index contributed by atoms with van der Waals surface area (Å²) in [5, 5.41) is 0. The fourth-order valence-electron chi connectivity index (χ4n) is 6.93. The Morgan fingerprint density at radius 2 is 1.68 bits per heavy atom. The number of nitrogens with zero attached hydrogens (tertiary/aromatic N) is 1. The highest BCUT2D eigenvalue weighted by Crippen LogP contribution is 2.44. The molecular formula is C33H42F7NO3. The number of unbranched alkanes of at least 4 members (excludes halogenated alkanes) is 2. The van der Waals surface area contributed by atoms with E-state index in [0.29, 0.717) is 30.3 Å². The van der Waals surface area contributed by atoms with Crippen molar-refractivity contribution in [2.45, 2.75) is 114 Å². The van der Waals surface area contributed by atoms with Gasteiger partial charge in [0.1, 0.15) is 29.9 Å². The molecule has 5 rings (SSSR count). The molecule has 2 unspecified atom stereocenters. The maximum Gasteiger partial charge on any atom is 0.368 e. The molecule has 0 aromatic rings. The molecule has 5 aliphatic rings. The Hall–Kier alpha value is -1.98. The van der Waals surface area contributed by atoms with Crippen LogP contribution >= 0.6 is 0 Å². The molecule has 1 saturated carbocycles. The average molecular weight is 634 g/mol. The highest BCUT2D eigenvalue weighted by atomic mass is 19.3. The number of hydrogen-bond acceptors (Lipinski definition) is 4. The Bertz CT molecular complexity index is 1140. The van der Waals surface area contributed by atoms with Gasteiger partial charge in [-0.3, -0.25) is 4.99 Å². The van der Waals surface area contributed by atoms with E-state index in [9.17, 15) is 30.7 Å². The molecule has 0 radical (unpaired) electrons. The molecule has 0 aromatic heterocycles. The first-order chi connectivity index (χ1) is 21.1. The first kappa shape index (κ1) is 33.4. The van der Waals surface area contributed by atoms with Crippen molar-refractivity contribution in [3.63, 3.8) is 0 Å². The second-order valence-electron chi connectivity index (χ2n) is 12.8. The summed E-state index contributed by atoms with van der Waals surface area (Å²) in [7, 11) is 0. The molecule has 2 heterocycles. The van der Waals surface area contributed by atoms with Crippen molar-refractivity contribution >= 4 is 6.21 Å². The molecule has 3 aliphatic carbocycles.